The molecule has 1 aromatic carbocycles. The smallest absolute Gasteiger partial charge is 0.325 e. The largest absolute Gasteiger partial charge is 0.481 e. The molecule has 0 aliphatic carbocycles. The molecule has 7 nitrogen and oxygen atoms in total. The molecular formula is C18H21ClN2O5. The number of amides is 1. The van der Waals surface area contributed by atoms with Gasteiger partial charge < -0.3 is 19.1 Å². The van der Waals surface area contributed by atoms with Crippen molar-refractivity contribution in [3.63, 3.8) is 0 Å². The summed E-state index contributed by atoms with van der Waals surface area (Å²) in [5.41, 5.74) is 0.571. The van der Waals surface area contributed by atoms with Crippen LogP contribution in [0.1, 0.15) is 6.92 Å². The standard InChI is InChI=1S/C18H21ClN2O5/c1-3-25-17(23)11-21(9-10-24-2)16(22)12-26-15-7-6-14(19)13-5-4-8-20-18(13)15/h4-8H,3,9-12H2,1-2H3. The molecule has 0 radical (unpaired) electrons. The number of hydrogen-bond acceptors (Lipinski definition) is 6. The molecule has 1 heterocycles. The molecule has 0 aliphatic rings. The maximum atomic E-state index is 12.5. The fourth-order valence-corrected chi connectivity index (χ4v) is 2.53. The number of rotatable bonds is 9. The molecule has 0 N–H and O–H groups in total. The van der Waals surface area contributed by atoms with Gasteiger partial charge in [-0.15, -0.1) is 0 Å². The SMILES string of the molecule is CCOC(=O)CN(CCOC)C(=O)COc1ccc(Cl)c2cccnc12. The van der Waals surface area contributed by atoms with E-state index in [0.29, 0.717) is 22.9 Å². The summed E-state index contributed by atoms with van der Waals surface area (Å²) in [6, 6.07) is 6.95. The van der Waals surface area contributed by atoms with Gasteiger partial charge >= 0.3 is 5.97 Å². The molecule has 140 valence electrons. The molecule has 8 heteroatoms. The fourth-order valence-electron chi connectivity index (χ4n) is 2.32. The number of esters is 1. The first-order valence-corrected chi connectivity index (χ1v) is 8.53. The summed E-state index contributed by atoms with van der Waals surface area (Å²) in [7, 11) is 1.52. The number of methoxy groups -OCH3 is 1. The van der Waals surface area contributed by atoms with Crippen LogP contribution in [0.4, 0.5) is 0 Å². The third kappa shape index (κ3) is 5.31. The van der Waals surface area contributed by atoms with Crippen molar-refractivity contribution < 1.29 is 23.8 Å². The van der Waals surface area contributed by atoms with Crippen LogP contribution in [-0.2, 0) is 19.1 Å². The summed E-state index contributed by atoms with van der Waals surface area (Å²) in [5.74, 6) is -0.383. The number of halogens is 1. The zero-order chi connectivity index (χ0) is 18.9. The van der Waals surface area contributed by atoms with Crippen molar-refractivity contribution in [3.8, 4) is 5.75 Å². The zero-order valence-corrected chi connectivity index (χ0v) is 15.5. The normalized spacial score (nSPS) is 10.6. The summed E-state index contributed by atoms with van der Waals surface area (Å²) in [5, 5.41) is 1.29. The lowest BCUT2D eigenvalue weighted by Gasteiger charge is -2.21. The molecular weight excluding hydrogens is 360 g/mol. The molecule has 0 atom stereocenters. The third-order valence-electron chi connectivity index (χ3n) is 3.57. The minimum absolute atomic E-state index is 0.154. The zero-order valence-electron chi connectivity index (χ0n) is 14.7. The fraction of sp³-hybridized carbons (Fsp3) is 0.389. The van der Waals surface area contributed by atoms with Gasteiger partial charge in [-0.2, -0.15) is 0 Å². The van der Waals surface area contributed by atoms with Crippen LogP contribution in [0.15, 0.2) is 30.5 Å². The van der Waals surface area contributed by atoms with E-state index >= 15 is 0 Å². The number of aromatic nitrogens is 1. The Balaban J connectivity index is 2.07. The van der Waals surface area contributed by atoms with Gasteiger partial charge in [0.05, 0.1) is 18.2 Å². The van der Waals surface area contributed by atoms with E-state index in [1.807, 2.05) is 6.07 Å². The summed E-state index contributed by atoms with van der Waals surface area (Å²) < 4.78 is 15.5. The molecule has 26 heavy (non-hydrogen) atoms. The second kappa shape index (κ2) is 9.94. The summed E-state index contributed by atoms with van der Waals surface area (Å²) in [4.78, 5) is 29.7. The molecule has 0 saturated carbocycles. The Bertz CT molecular complexity index is 768. The van der Waals surface area contributed by atoms with Crippen molar-refractivity contribution in [2.24, 2.45) is 0 Å². The number of nitrogens with zero attached hydrogens (tertiary/aromatic N) is 2. The van der Waals surface area contributed by atoms with Crippen LogP contribution >= 0.6 is 11.6 Å². The topological polar surface area (TPSA) is 78.0 Å². The highest BCUT2D eigenvalue weighted by atomic mass is 35.5. The maximum absolute atomic E-state index is 12.5. The first-order valence-electron chi connectivity index (χ1n) is 8.15. The number of carbonyl (C=O) groups is 2. The molecule has 0 fully saturated rings. The van der Waals surface area contributed by atoms with Crippen LogP contribution in [0.2, 0.25) is 5.02 Å². The quantitative estimate of drug-likeness (QED) is 0.621. The average Bonchev–Trinajstić information content (AvgIpc) is 2.65. The number of ether oxygens (including phenoxy) is 3. The molecule has 1 aromatic heterocycles. The van der Waals surface area contributed by atoms with Crippen molar-refractivity contribution >= 4 is 34.4 Å². The highest BCUT2D eigenvalue weighted by Gasteiger charge is 2.19. The van der Waals surface area contributed by atoms with Crippen molar-refractivity contribution in [2.45, 2.75) is 6.92 Å². The third-order valence-corrected chi connectivity index (χ3v) is 3.90. The monoisotopic (exact) mass is 380 g/mol. The number of hydrogen-bond donors (Lipinski definition) is 0. The summed E-state index contributed by atoms with van der Waals surface area (Å²) >= 11 is 6.15. The van der Waals surface area contributed by atoms with Crippen molar-refractivity contribution in [3.05, 3.63) is 35.5 Å². The molecule has 0 bridgehead atoms. The first-order chi connectivity index (χ1) is 12.6. The molecule has 2 rings (SSSR count). The molecule has 0 unspecified atom stereocenters. The van der Waals surface area contributed by atoms with Gasteiger partial charge in [0, 0.05) is 25.2 Å². The van der Waals surface area contributed by atoms with Crippen molar-refractivity contribution in [1.29, 1.82) is 0 Å². The lowest BCUT2D eigenvalue weighted by Crippen LogP contribution is -2.41. The summed E-state index contributed by atoms with van der Waals surface area (Å²) in [6.07, 6.45) is 1.62. The lowest BCUT2D eigenvalue weighted by atomic mass is 10.2. The number of fused-ring (bicyclic) bond motifs is 1. The van der Waals surface area contributed by atoms with Crippen molar-refractivity contribution in [2.75, 3.05) is 40.0 Å². The second-order valence-corrected chi connectivity index (χ2v) is 5.75. The van der Waals surface area contributed by atoms with Crippen LogP contribution in [0.3, 0.4) is 0 Å². The van der Waals surface area contributed by atoms with Gasteiger partial charge in [0.25, 0.3) is 5.91 Å². The first kappa shape index (κ1) is 19.9. The maximum Gasteiger partial charge on any atom is 0.325 e. The van der Waals surface area contributed by atoms with Crippen LogP contribution in [0, 0.1) is 0 Å². The van der Waals surface area contributed by atoms with Gasteiger partial charge in [0.2, 0.25) is 0 Å². The Morgan fingerprint density at radius 2 is 2.08 bits per heavy atom. The van der Waals surface area contributed by atoms with Gasteiger partial charge in [-0.05, 0) is 31.2 Å². The van der Waals surface area contributed by atoms with Gasteiger partial charge in [-0.1, -0.05) is 11.6 Å². The Labute approximate surface area is 156 Å². The Morgan fingerprint density at radius 1 is 1.27 bits per heavy atom. The number of carbonyl (C=O) groups excluding carboxylic acids is 2. The predicted octanol–water partition coefficient (Wildman–Crippen LogP) is 2.31. The van der Waals surface area contributed by atoms with Gasteiger partial charge in [0.1, 0.15) is 17.8 Å². The predicted molar refractivity (Wildman–Crippen MR) is 97.3 cm³/mol. The van der Waals surface area contributed by atoms with E-state index in [2.05, 4.69) is 4.98 Å². The van der Waals surface area contributed by atoms with Crippen LogP contribution in [-0.4, -0.2) is 61.8 Å². The van der Waals surface area contributed by atoms with Crippen molar-refractivity contribution in [1.82, 2.24) is 9.88 Å². The summed E-state index contributed by atoms with van der Waals surface area (Å²) in [6.45, 7) is 2.13. The van der Waals surface area contributed by atoms with E-state index in [1.54, 1.807) is 31.3 Å². The molecule has 0 saturated heterocycles. The number of benzene rings is 1. The Hall–Kier alpha value is -2.38. The lowest BCUT2D eigenvalue weighted by molar-refractivity contribution is -0.149. The molecule has 1 amide bonds. The van der Waals surface area contributed by atoms with Crippen LogP contribution < -0.4 is 4.74 Å². The van der Waals surface area contributed by atoms with E-state index in [4.69, 9.17) is 25.8 Å². The second-order valence-electron chi connectivity index (χ2n) is 5.35. The van der Waals surface area contributed by atoms with Crippen LogP contribution in [0.25, 0.3) is 10.9 Å². The average molecular weight is 381 g/mol. The van der Waals surface area contributed by atoms with E-state index in [9.17, 15) is 9.59 Å². The minimum Gasteiger partial charge on any atom is -0.481 e. The van der Waals surface area contributed by atoms with Crippen LogP contribution in [0.5, 0.6) is 5.75 Å². The van der Waals surface area contributed by atoms with Gasteiger partial charge in [0.15, 0.2) is 6.61 Å². The van der Waals surface area contributed by atoms with Gasteiger partial charge in [-0.3, -0.25) is 14.6 Å². The van der Waals surface area contributed by atoms with E-state index in [-0.39, 0.29) is 32.2 Å². The van der Waals surface area contributed by atoms with E-state index < -0.39 is 5.97 Å². The molecule has 0 aliphatic heterocycles. The Kier molecular flexibility index (Phi) is 7.62. The molecule has 0 spiro atoms. The van der Waals surface area contributed by atoms with E-state index in [1.165, 1.54) is 12.0 Å². The number of pyridine rings is 1. The highest BCUT2D eigenvalue weighted by Crippen LogP contribution is 2.29. The van der Waals surface area contributed by atoms with E-state index in [0.717, 1.165) is 5.39 Å². The minimum atomic E-state index is -0.476. The Morgan fingerprint density at radius 3 is 2.81 bits per heavy atom. The molecule has 2 aromatic rings. The highest BCUT2D eigenvalue weighted by molar-refractivity contribution is 6.35. The van der Waals surface area contributed by atoms with Gasteiger partial charge in [-0.25, -0.2) is 0 Å².